The van der Waals surface area contributed by atoms with Gasteiger partial charge in [0.25, 0.3) is 11.8 Å². The van der Waals surface area contributed by atoms with E-state index in [1.807, 2.05) is 32.0 Å². The lowest BCUT2D eigenvalue weighted by molar-refractivity contribution is -0.158. The third kappa shape index (κ3) is 3.00. The molecule has 2 amide bonds. The van der Waals surface area contributed by atoms with Gasteiger partial charge in [-0.2, -0.15) is 0 Å². The Morgan fingerprint density at radius 2 is 1.84 bits per heavy atom. The number of aryl methyl sites for hydroxylation is 2. The van der Waals surface area contributed by atoms with E-state index in [0.717, 1.165) is 11.1 Å². The topological polar surface area (TPSA) is 72.6 Å². The van der Waals surface area contributed by atoms with E-state index in [1.54, 1.807) is 0 Å². The molecule has 0 radical (unpaired) electrons. The van der Waals surface area contributed by atoms with Crippen LogP contribution in [0.25, 0.3) is 0 Å². The SMILES string of the molecule is Cc1ccc(C(N)CN2C(=O)COCC2=O)cc1C. The molecule has 5 nitrogen and oxygen atoms in total. The van der Waals surface area contributed by atoms with Crippen molar-refractivity contribution in [1.82, 2.24) is 4.90 Å². The number of imide groups is 1. The second-order valence-corrected chi connectivity index (χ2v) is 4.84. The highest BCUT2D eigenvalue weighted by molar-refractivity contribution is 5.98. The number of hydrogen-bond acceptors (Lipinski definition) is 4. The standard InChI is InChI=1S/C14H18N2O3/c1-9-3-4-11(5-10(9)2)12(15)6-16-13(17)7-19-8-14(16)18/h3-5,12H,6-8,15H2,1-2H3. The molecule has 1 saturated heterocycles. The van der Waals surface area contributed by atoms with Crippen LogP contribution in [0.3, 0.4) is 0 Å². The highest BCUT2D eigenvalue weighted by atomic mass is 16.5. The van der Waals surface area contributed by atoms with Crippen molar-refractivity contribution in [3.63, 3.8) is 0 Å². The van der Waals surface area contributed by atoms with Crippen LogP contribution in [-0.2, 0) is 14.3 Å². The molecular weight excluding hydrogens is 244 g/mol. The maximum atomic E-state index is 11.6. The Labute approximate surface area is 112 Å². The summed E-state index contributed by atoms with van der Waals surface area (Å²) in [5.41, 5.74) is 9.34. The first-order valence-electron chi connectivity index (χ1n) is 6.22. The van der Waals surface area contributed by atoms with Gasteiger partial charge in [-0.05, 0) is 30.5 Å². The van der Waals surface area contributed by atoms with E-state index in [9.17, 15) is 9.59 Å². The highest BCUT2D eigenvalue weighted by Crippen LogP contribution is 2.17. The molecule has 0 aliphatic carbocycles. The Hall–Kier alpha value is -1.72. The number of benzene rings is 1. The highest BCUT2D eigenvalue weighted by Gasteiger charge is 2.28. The van der Waals surface area contributed by atoms with E-state index in [0.29, 0.717) is 0 Å². The normalized spacial score (nSPS) is 17.7. The zero-order chi connectivity index (χ0) is 14.0. The van der Waals surface area contributed by atoms with Gasteiger partial charge >= 0.3 is 0 Å². The summed E-state index contributed by atoms with van der Waals surface area (Å²) in [4.78, 5) is 24.4. The lowest BCUT2D eigenvalue weighted by Crippen LogP contribution is -2.48. The maximum Gasteiger partial charge on any atom is 0.255 e. The summed E-state index contributed by atoms with van der Waals surface area (Å²) in [6, 6.07) is 5.55. The van der Waals surface area contributed by atoms with Gasteiger partial charge in [0.2, 0.25) is 0 Å². The third-order valence-corrected chi connectivity index (χ3v) is 3.39. The van der Waals surface area contributed by atoms with Gasteiger partial charge in [0, 0.05) is 12.6 Å². The summed E-state index contributed by atoms with van der Waals surface area (Å²) in [5.74, 6) is -0.647. The Kier molecular flexibility index (Phi) is 3.97. The van der Waals surface area contributed by atoms with Crippen LogP contribution in [0.15, 0.2) is 18.2 Å². The molecule has 0 aromatic heterocycles. The monoisotopic (exact) mass is 262 g/mol. The molecule has 1 atom stereocenters. The summed E-state index contributed by atoms with van der Waals surface area (Å²) < 4.78 is 4.86. The van der Waals surface area contributed by atoms with Gasteiger partial charge < -0.3 is 10.5 Å². The molecule has 2 rings (SSSR count). The number of nitrogens with two attached hydrogens (primary N) is 1. The number of amides is 2. The fourth-order valence-electron chi connectivity index (χ4n) is 2.02. The Balaban J connectivity index is 2.11. The van der Waals surface area contributed by atoms with Crippen LogP contribution in [0, 0.1) is 13.8 Å². The van der Waals surface area contributed by atoms with Crippen LogP contribution in [0.1, 0.15) is 22.7 Å². The molecule has 0 saturated carbocycles. The second-order valence-electron chi connectivity index (χ2n) is 4.84. The molecule has 1 aliphatic rings. The lowest BCUT2D eigenvalue weighted by atomic mass is 10.0. The van der Waals surface area contributed by atoms with E-state index < -0.39 is 0 Å². The first-order valence-corrected chi connectivity index (χ1v) is 6.22. The molecule has 1 aliphatic heterocycles. The van der Waals surface area contributed by atoms with Gasteiger partial charge in [0.05, 0.1) is 0 Å². The molecule has 5 heteroatoms. The minimum Gasteiger partial charge on any atom is -0.362 e. The zero-order valence-electron chi connectivity index (χ0n) is 11.2. The Morgan fingerprint density at radius 3 is 2.42 bits per heavy atom. The van der Waals surface area contributed by atoms with Crippen molar-refractivity contribution in [2.24, 2.45) is 5.73 Å². The van der Waals surface area contributed by atoms with Crippen molar-refractivity contribution < 1.29 is 14.3 Å². The van der Waals surface area contributed by atoms with Crippen molar-refractivity contribution in [3.05, 3.63) is 34.9 Å². The van der Waals surface area contributed by atoms with Crippen molar-refractivity contribution >= 4 is 11.8 Å². The molecule has 102 valence electrons. The number of hydrogen-bond donors (Lipinski definition) is 1. The number of morpholine rings is 1. The van der Waals surface area contributed by atoms with Crippen molar-refractivity contribution in [2.45, 2.75) is 19.9 Å². The summed E-state index contributed by atoms with van der Waals surface area (Å²) in [5, 5.41) is 0. The fourth-order valence-corrected chi connectivity index (χ4v) is 2.02. The summed E-state index contributed by atoms with van der Waals surface area (Å²) >= 11 is 0. The first-order chi connectivity index (χ1) is 8.99. The lowest BCUT2D eigenvalue weighted by Gasteiger charge is -2.27. The molecular formula is C14H18N2O3. The number of rotatable bonds is 3. The molecule has 2 N–H and O–H groups in total. The van der Waals surface area contributed by atoms with E-state index in [4.69, 9.17) is 10.5 Å². The summed E-state index contributed by atoms with van der Waals surface area (Å²) in [7, 11) is 0. The Bertz CT molecular complexity index is 497. The van der Waals surface area contributed by atoms with E-state index >= 15 is 0 Å². The van der Waals surface area contributed by atoms with E-state index in [2.05, 4.69) is 0 Å². The van der Waals surface area contributed by atoms with Crippen LogP contribution in [-0.4, -0.2) is 36.5 Å². The molecule has 1 aromatic carbocycles. The van der Waals surface area contributed by atoms with Crippen LogP contribution in [0.5, 0.6) is 0 Å². The van der Waals surface area contributed by atoms with Gasteiger partial charge in [-0.15, -0.1) is 0 Å². The second kappa shape index (κ2) is 5.50. The number of carbonyl (C=O) groups excluding carboxylic acids is 2. The zero-order valence-corrected chi connectivity index (χ0v) is 11.2. The number of nitrogens with zero attached hydrogens (tertiary/aromatic N) is 1. The van der Waals surface area contributed by atoms with Gasteiger partial charge in [-0.25, -0.2) is 0 Å². The van der Waals surface area contributed by atoms with Crippen LogP contribution in [0.2, 0.25) is 0 Å². The maximum absolute atomic E-state index is 11.6. The molecule has 1 unspecified atom stereocenters. The van der Waals surface area contributed by atoms with Gasteiger partial charge in [0.15, 0.2) is 0 Å². The number of carbonyl (C=O) groups is 2. The molecule has 19 heavy (non-hydrogen) atoms. The average molecular weight is 262 g/mol. The fraction of sp³-hybridized carbons (Fsp3) is 0.429. The minimum absolute atomic E-state index is 0.0502. The number of ether oxygens (including phenoxy) is 1. The van der Waals surface area contributed by atoms with Gasteiger partial charge in [0.1, 0.15) is 13.2 Å². The summed E-state index contributed by atoms with van der Waals surface area (Å²) in [6.07, 6.45) is 0. The molecule has 0 spiro atoms. The average Bonchev–Trinajstić information content (AvgIpc) is 2.37. The molecule has 1 fully saturated rings. The Morgan fingerprint density at radius 1 is 1.21 bits per heavy atom. The van der Waals surface area contributed by atoms with Crippen LogP contribution < -0.4 is 5.73 Å². The largest absolute Gasteiger partial charge is 0.362 e. The predicted molar refractivity (Wildman–Crippen MR) is 70.4 cm³/mol. The van der Waals surface area contributed by atoms with Crippen molar-refractivity contribution in [1.29, 1.82) is 0 Å². The van der Waals surface area contributed by atoms with Gasteiger partial charge in [-0.1, -0.05) is 18.2 Å². The van der Waals surface area contributed by atoms with E-state index in [1.165, 1.54) is 10.5 Å². The van der Waals surface area contributed by atoms with E-state index in [-0.39, 0.29) is 37.6 Å². The molecule has 0 bridgehead atoms. The summed E-state index contributed by atoms with van der Waals surface area (Å²) in [6.45, 7) is 4.14. The third-order valence-electron chi connectivity index (χ3n) is 3.39. The predicted octanol–water partition coefficient (Wildman–Crippen LogP) is 0.689. The smallest absolute Gasteiger partial charge is 0.255 e. The van der Waals surface area contributed by atoms with Crippen molar-refractivity contribution in [3.8, 4) is 0 Å². The van der Waals surface area contributed by atoms with Crippen LogP contribution in [0.4, 0.5) is 0 Å². The minimum atomic E-state index is -0.370. The first kappa shape index (κ1) is 13.7. The van der Waals surface area contributed by atoms with Crippen LogP contribution >= 0.6 is 0 Å². The van der Waals surface area contributed by atoms with Crippen molar-refractivity contribution in [2.75, 3.05) is 19.8 Å². The molecule has 1 heterocycles. The quantitative estimate of drug-likeness (QED) is 0.813. The molecule has 1 aromatic rings. The van der Waals surface area contributed by atoms with Gasteiger partial charge in [-0.3, -0.25) is 14.5 Å².